The third-order valence-corrected chi connectivity index (χ3v) is 29.0. The van der Waals surface area contributed by atoms with Gasteiger partial charge in [0.1, 0.15) is 136 Å². The molecule has 8 aliphatic rings. The minimum Gasteiger partial charge on any atom is -0.491 e. The molecule has 4 aliphatic heterocycles. The number of aliphatic hydroxyl groups excluding tert-OH is 1. The zero-order valence-corrected chi connectivity index (χ0v) is 81.7. The molecule has 16 aromatic rings. The van der Waals surface area contributed by atoms with Crippen molar-refractivity contribution < 1.29 is 76.2 Å². The molecule has 732 valence electrons. The summed E-state index contributed by atoms with van der Waals surface area (Å²) in [6.07, 6.45) is 4.10. The predicted molar refractivity (Wildman–Crippen MR) is 564 cm³/mol. The summed E-state index contributed by atoms with van der Waals surface area (Å²) in [5.41, 5.74) is 26.2. The lowest BCUT2D eigenvalue weighted by atomic mass is 9.68. The minimum atomic E-state index is -0.858. The van der Waals surface area contributed by atoms with Crippen molar-refractivity contribution in [3.63, 3.8) is 0 Å². The molecule has 1 amide bonds. The number of amides is 1. The highest BCUT2D eigenvalue weighted by molar-refractivity contribution is 5.91. The number of aliphatic hydroxyl groups is 1. The van der Waals surface area contributed by atoms with Gasteiger partial charge >= 0.3 is 6.09 Å². The molecule has 0 saturated carbocycles. The number of fused-ring (bicyclic) bond motifs is 12. The summed E-state index contributed by atoms with van der Waals surface area (Å²) in [4.78, 5) is 13.2. The Morgan fingerprint density at radius 2 is 0.500 bits per heavy atom. The molecule has 18 heteroatoms. The Hall–Kier alpha value is -15.7. The molecule has 0 bridgehead atoms. The second kappa shape index (κ2) is 42.7. The van der Waals surface area contributed by atoms with Crippen molar-refractivity contribution in [2.75, 3.05) is 92.4 Å². The van der Waals surface area contributed by atoms with Crippen molar-refractivity contribution in [2.24, 2.45) is 0 Å². The summed E-state index contributed by atoms with van der Waals surface area (Å²) in [7, 11) is 0. The number of hydrogen-bond donors (Lipinski definition) is 2. The molecule has 0 aromatic heterocycles. The molecular weight excluding hydrogens is 1820 g/mol. The summed E-state index contributed by atoms with van der Waals surface area (Å²) in [5.74, 6) is 5.90. The summed E-state index contributed by atoms with van der Waals surface area (Å²) in [5, 5.41) is 21.9. The number of carbonyl (C=O) groups is 1. The van der Waals surface area contributed by atoms with E-state index in [0.29, 0.717) is 62.6 Å². The fraction of sp³-hybridized carbons (Fsp3) is 0.234. The molecule has 146 heavy (non-hydrogen) atoms. The highest BCUT2D eigenvalue weighted by atomic mass is 16.6. The van der Waals surface area contributed by atoms with E-state index in [1.807, 2.05) is 48.5 Å². The van der Waals surface area contributed by atoms with Crippen molar-refractivity contribution >= 4 is 6.09 Å². The molecule has 4 aliphatic carbocycles. The van der Waals surface area contributed by atoms with Crippen LogP contribution in [0.5, 0.6) is 46.0 Å². The second-order valence-corrected chi connectivity index (χ2v) is 38.1. The van der Waals surface area contributed by atoms with Crippen LogP contribution in [0.1, 0.15) is 129 Å². The number of epoxide rings is 4. The monoisotopic (exact) mass is 1930 g/mol. The van der Waals surface area contributed by atoms with E-state index in [2.05, 4.69) is 364 Å². The molecule has 2 N–H and O–H groups in total. The van der Waals surface area contributed by atoms with E-state index in [1.54, 1.807) is 6.26 Å². The van der Waals surface area contributed by atoms with Crippen molar-refractivity contribution in [3.05, 3.63) is 477 Å². The van der Waals surface area contributed by atoms with E-state index in [-0.39, 0.29) is 50.8 Å². The van der Waals surface area contributed by atoms with Gasteiger partial charge in [0.15, 0.2) is 6.10 Å². The Balaban J connectivity index is 0.000000157. The van der Waals surface area contributed by atoms with Crippen LogP contribution in [0.4, 0.5) is 4.79 Å². The molecule has 0 spiro atoms. The van der Waals surface area contributed by atoms with Crippen LogP contribution in [0.3, 0.4) is 0 Å². The Kier molecular flexibility index (Phi) is 27.8. The van der Waals surface area contributed by atoms with Crippen LogP contribution in [0.15, 0.2) is 388 Å². The van der Waals surface area contributed by atoms with Crippen molar-refractivity contribution in [1.82, 2.24) is 5.32 Å². The van der Waals surface area contributed by atoms with Gasteiger partial charge in [-0.25, -0.2) is 4.79 Å². The average Bonchev–Trinajstić information content (AvgIpc) is 1.55. The topological polar surface area (TPSA) is 216 Å². The van der Waals surface area contributed by atoms with E-state index < -0.39 is 40.0 Å². The van der Waals surface area contributed by atoms with Gasteiger partial charge in [-0.15, -0.1) is 0 Å². The van der Waals surface area contributed by atoms with Crippen LogP contribution in [0.25, 0.3) is 44.5 Å². The number of ether oxygens (including phenoxy) is 14. The third-order valence-electron chi connectivity index (χ3n) is 29.0. The van der Waals surface area contributed by atoms with Crippen LogP contribution in [0, 0.1) is 11.5 Å². The maximum absolute atomic E-state index is 13.2. The van der Waals surface area contributed by atoms with Gasteiger partial charge in [0.25, 0.3) is 6.26 Å². The molecule has 4 saturated heterocycles. The summed E-state index contributed by atoms with van der Waals surface area (Å²) in [6.45, 7) is 10.8. The first-order chi connectivity index (χ1) is 72.0. The Labute approximate surface area is 851 Å². The summed E-state index contributed by atoms with van der Waals surface area (Å²) >= 11 is 0. The molecule has 0 radical (unpaired) electrons. The standard InChI is InChI=1S/C64H57NO8.C59H48O7.C5H9NO/c1-2-3-36-65-62(66)73-53(41-69-49-32-24-45(25-33-49)63(43-20-28-47(29-21-43)67-37-51-39-71-51)58-16-8-4-12-54(58)55-13-5-9-17-59(55)63)42-70-50-34-26-46(27-35-50)64(44-22-30-48(31-23-44)68-38-52-40-72-52)60-18-10-6-14-56(60)57-15-7-11-19-61(57)64;60-43(33-61-44-25-17-39(18-26-44)58(41-21-29-46(30-22-41)63-35-48-37-65-48)54-13-5-1-9-50(54)51-10-2-6-14-55(51)58)34-62-45-27-19-40(20-28-45)59(42-23-31-47(32-24-42)64-36-49-38-66-49)56-15-7-3-11-52(56)53-12-4-8-16-57(53)59;1-2-3-4-7-5-6/h4-35,51-53H,2-3,36-42H2,1H3,(H,65,66);1-32,43,48-49,60H,33-38H2;2-4H2,1H3. The van der Waals surface area contributed by atoms with Crippen LogP contribution in [0.2, 0.25) is 0 Å². The minimum absolute atomic E-state index is 0.0751. The van der Waals surface area contributed by atoms with E-state index >= 15 is 0 Å². The van der Waals surface area contributed by atoms with Gasteiger partial charge in [-0.3, -0.25) is 0 Å². The van der Waals surface area contributed by atoms with Gasteiger partial charge in [0, 0.05) is 6.54 Å². The lowest BCUT2D eigenvalue weighted by molar-refractivity contribution is 0.0355. The van der Waals surface area contributed by atoms with Crippen LogP contribution >= 0.6 is 0 Å². The number of rotatable bonds is 39. The van der Waals surface area contributed by atoms with Gasteiger partial charge in [0.2, 0.25) is 0 Å². The van der Waals surface area contributed by atoms with Gasteiger partial charge in [0.05, 0.1) is 48.1 Å². The zero-order chi connectivity index (χ0) is 98.8. The fourth-order valence-electron chi connectivity index (χ4n) is 21.7. The maximum atomic E-state index is 13.2. The number of nitrogens with zero attached hydrogens (tertiary/aromatic N) is 1. The SMILES string of the molecule is CCCCNC(=O)OC(COc1ccc(C2(c3ccc(OCC4CO4)cc3)c3ccccc3-c3ccccc32)cc1)COc1ccc(C2(c3ccc(OCC4CO4)cc3)c3ccccc3-c3ccccc32)cc1.CCCCOC#N.OC(COc1ccc(C2(c3ccc(OCC4CO4)cc3)c3ccccc3-c3ccccc32)cc1)COc1ccc(C2(c3ccc(OCC4CO4)cc3)c3ccccc3-c3ccccc32)cc1. The normalized spacial score (nSPS) is 17.1. The van der Waals surface area contributed by atoms with Gasteiger partial charge in [-0.1, -0.05) is 318 Å². The van der Waals surface area contributed by atoms with Gasteiger partial charge < -0.3 is 76.7 Å². The molecule has 4 heterocycles. The number of alkyl carbamates (subject to hydrolysis) is 1. The van der Waals surface area contributed by atoms with E-state index in [0.717, 1.165) is 120 Å². The Morgan fingerprint density at radius 1 is 0.301 bits per heavy atom. The van der Waals surface area contributed by atoms with Crippen LogP contribution in [-0.4, -0.2) is 140 Å². The maximum Gasteiger partial charge on any atom is 0.407 e. The molecule has 16 aromatic carbocycles. The van der Waals surface area contributed by atoms with Crippen molar-refractivity contribution in [2.45, 2.75) is 97.8 Å². The quantitative estimate of drug-likeness (QED) is 0.0208. The number of nitriles is 1. The number of nitrogens with one attached hydrogen (secondary N) is 1. The smallest absolute Gasteiger partial charge is 0.407 e. The van der Waals surface area contributed by atoms with Crippen molar-refractivity contribution in [3.8, 4) is 96.8 Å². The molecular formula is C128H114N2O16. The first kappa shape index (κ1) is 95.1. The number of hydrogen-bond acceptors (Lipinski definition) is 17. The second-order valence-electron chi connectivity index (χ2n) is 38.1. The lowest BCUT2D eigenvalue weighted by Gasteiger charge is -2.34. The summed E-state index contributed by atoms with van der Waals surface area (Å²) in [6, 6.07) is 137. The number of carbonyl (C=O) groups excluding carboxylic acids is 1. The first-order valence-electron chi connectivity index (χ1n) is 50.8. The van der Waals surface area contributed by atoms with Crippen LogP contribution < -0.4 is 43.2 Å². The molecule has 18 nitrogen and oxygen atoms in total. The molecule has 4 unspecified atom stereocenters. The van der Waals surface area contributed by atoms with E-state index in [9.17, 15) is 9.90 Å². The molecule has 4 fully saturated rings. The number of unbranched alkanes of at least 4 members (excludes halogenated alkanes) is 2. The van der Waals surface area contributed by atoms with Crippen LogP contribution in [-0.2, 0) is 50.1 Å². The fourth-order valence-corrected chi connectivity index (χ4v) is 21.7. The summed E-state index contributed by atoms with van der Waals surface area (Å²) < 4.78 is 81.4. The zero-order valence-electron chi connectivity index (χ0n) is 81.7. The van der Waals surface area contributed by atoms with Gasteiger partial charge in [-0.2, -0.15) is 5.26 Å². The van der Waals surface area contributed by atoms with Gasteiger partial charge in [-0.05, 0) is 243 Å². The Bertz CT molecular complexity index is 6690. The molecule has 24 rings (SSSR count). The van der Waals surface area contributed by atoms with E-state index in [4.69, 9.17) is 66.8 Å². The highest BCUT2D eigenvalue weighted by Crippen LogP contribution is 2.62. The van der Waals surface area contributed by atoms with Crippen molar-refractivity contribution in [1.29, 1.82) is 5.26 Å². The number of benzene rings is 16. The third kappa shape index (κ3) is 19.2. The van der Waals surface area contributed by atoms with E-state index in [1.165, 1.54) is 89.0 Å². The largest absolute Gasteiger partial charge is 0.491 e. The predicted octanol–water partition coefficient (Wildman–Crippen LogP) is 24.4. The first-order valence-corrected chi connectivity index (χ1v) is 50.8. The Morgan fingerprint density at radius 3 is 0.699 bits per heavy atom. The highest BCUT2D eigenvalue weighted by Gasteiger charge is 2.51. The average molecular weight is 1940 g/mol. The molecule has 4 atom stereocenters. The lowest BCUT2D eigenvalue weighted by Crippen LogP contribution is -2.36.